The Morgan fingerprint density at radius 1 is 1.21 bits per heavy atom. The van der Waals surface area contributed by atoms with E-state index in [1.165, 1.54) is 5.06 Å². The molecular weight excluding hydrogens is 178 g/mol. The van der Waals surface area contributed by atoms with Crippen LogP contribution in [-0.4, -0.2) is 12.0 Å². The molecular formula is C11H15NO2. The predicted molar refractivity (Wildman–Crippen MR) is 55.8 cm³/mol. The van der Waals surface area contributed by atoms with Gasteiger partial charge < -0.3 is 0 Å². The second-order valence-electron chi connectivity index (χ2n) is 3.97. The summed E-state index contributed by atoms with van der Waals surface area (Å²) in [5.74, 6) is 0. The van der Waals surface area contributed by atoms with Crippen LogP contribution >= 0.6 is 0 Å². The Labute approximate surface area is 84.2 Å². The Morgan fingerprint density at radius 3 is 2.21 bits per heavy atom. The second-order valence-corrected chi connectivity index (χ2v) is 3.97. The maximum atomic E-state index is 10.8. The summed E-state index contributed by atoms with van der Waals surface area (Å²) in [6.07, 6.45) is 0.667. The Kier molecular flexibility index (Phi) is 3.25. The highest BCUT2D eigenvalue weighted by Crippen LogP contribution is 2.17. The molecule has 0 radical (unpaired) electrons. The lowest BCUT2D eigenvalue weighted by atomic mass is 10.2. The first-order chi connectivity index (χ1) is 6.53. The van der Waals surface area contributed by atoms with Crippen LogP contribution in [0.2, 0.25) is 0 Å². The standard InChI is InChI=1S/C11H15NO2/c1-11(2,3)14-12(9-13)10-7-5-4-6-8-10/h4-9H,1-3H3. The fourth-order valence-electron chi connectivity index (χ4n) is 1.01. The molecule has 0 N–H and O–H groups in total. The van der Waals surface area contributed by atoms with Gasteiger partial charge in [-0.05, 0) is 32.9 Å². The van der Waals surface area contributed by atoms with Crippen LogP contribution in [0.4, 0.5) is 5.69 Å². The number of nitrogens with zero attached hydrogens (tertiary/aromatic N) is 1. The van der Waals surface area contributed by atoms with Crippen molar-refractivity contribution >= 4 is 12.1 Å². The monoisotopic (exact) mass is 193 g/mol. The van der Waals surface area contributed by atoms with Gasteiger partial charge in [-0.3, -0.25) is 9.63 Å². The molecule has 0 aliphatic rings. The van der Waals surface area contributed by atoms with Crippen LogP contribution in [0.5, 0.6) is 0 Å². The van der Waals surface area contributed by atoms with E-state index in [2.05, 4.69) is 0 Å². The molecule has 1 aromatic rings. The molecule has 0 fully saturated rings. The molecule has 0 aromatic heterocycles. The van der Waals surface area contributed by atoms with Gasteiger partial charge in [-0.25, -0.2) is 0 Å². The third-order valence-electron chi connectivity index (χ3n) is 1.48. The molecule has 0 unspecified atom stereocenters. The van der Waals surface area contributed by atoms with E-state index in [4.69, 9.17) is 4.84 Å². The van der Waals surface area contributed by atoms with Crippen molar-refractivity contribution in [3.63, 3.8) is 0 Å². The lowest BCUT2D eigenvalue weighted by Gasteiger charge is -2.26. The Balaban J connectivity index is 2.78. The van der Waals surface area contributed by atoms with E-state index in [1.54, 1.807) is 0 Å². The van der Waals surface area contributed by atoms with Crippen molar-refractivity contribution in [3.05, 3.63) is 30.3 Å². The summed E-state index contributed by atoms with van der Waals surface area (Å²) in [7, 11) is 0. The lowest BCUT2D eigenvalue weighted by molar-refractivity contribution is -0.120. The fraction of sp³-hybridized carbons (Fsp3) is 0.364. The number of para-hydroxylation sites is 1. The van der Waals surface area contributed by atoms with E-state index in [0.29, 0.717) is 6.41 Å². The number of anilines is 1. The van der Waals surface area contributed by atoms with E-state index >= 15 is 0 Å². The first-order valence-electron chi connectivity index (χ1n) is 4.51. The Hall–Kier alpha value is -1.35. The molecule has 1 amide bonds. The van der Waals surface area contributed by atoms with Crippen LogP contribution in [0.25, 0.3) is 0 Å². The van der Waals surface area contributed by atoms with Crippen molar-refractivity contribution in [2.45, 2.75) is 26.4 Å². The normalized spacial score (nSPS) is 11.1. The molecule has 76 valence electrons. The van der Waals surface area contributed by atoms with E-state index in [9.17, 15) is 4.79 Å². The van der Waals surface area contributed by atoms with Crippen molar-refractivity contribution in [2.75, 3.05) is 5.06 Å². The largest absolute Gasteiger partial charge is 0.276 e. The van der Waals surface area contributed by atoms with Crippen molar-refractivity contribution in [1.82, 2.24) is 0 Å². The molecule has 1 rings (SSSR count). The zero-order valence-electron chi connectivity index (χ0n) is 8.73. The van der Waals surface area contributed by atoms with Crippen LogP contribution in [-0.2, 0) is 9.63 Å². The van der Waals surface area contributed by atoms with Gasteiger partial charge in [0.15, 0.2) is 0 Å². The molecule has 0 saturated heterocycles. The van der Waals surface area contributed by atoms with Crippen molar-refractivity contribution in [3.8, 4) is 0 Å². The zero-order valence-corrected chi connectivity index (χ0v) is 8.73. The van der Waals surface area contributed by atoms with Gasteiger partial charge in [0.05, 0.1) is 11.3 Å². The molecule has 14 heavy (non-hydrogen) atoms. The first kappa shape index (κ1) is 10.7. The summed E-state index contributed by atoms with van der Waals surface area (Å²) in [6, 6.07) is 9.25. The molecule has 0 spiro atoms. The van der Waals surface area contributed by atoms with Crippen LogP contribution in [0.1, 0.15) is 20.8 Å². The van der Waals surface area contributed by atoms with Gasteiger partial charge >= 0.3 is 0 Å². The maximum absolute atomic E-state index is 10.8. The fourth-order valence-corrected chi connectivity index (χ4v) is 1.01. The molecule has 0 atom stereocenters. The van der Waals surface area contributed by atoms with Crippen LogP contribution < -0.4 is 5.06 Å². The predicted octanol–water partition coefficient (Wildman–Crippen LogP) is 2.38. The van der Waals surface area contributed by atoms with Gasteiger partial charge in [-0.15, -0.1) is 0 Å². The average Bonchev–Trinajstić information content (AvgIpc) is 2.14. The van der Waals surface area contributed by atoms with Crippen molar-refractivity contribution in [1.29, 1.82) is 0 Å². The highest BCUT2D eigenvalue weighted by atomic mass is 16.7. The molecule has 0 aliphatic carbocycles. The minimum absolute atomic E-state index is 0.378. The average molecular weight is 193 g/mol. The van der Waals surface area contributed by atoms with Gasteiger partial charge in [-0.2, -0.15) is 5.06 Å². The summed E-state index contributed by atoms with van der Waals surface area (Å²) in [6.45, 7) is 5.69. The first-order valence-corrected chi connectivity index (χ1v) is 4.51. The topological polar surface area (TPSA) is 29.5 Å². The highest BCUT2D eigenvalue weighted by molar-refractivity contribution is 5.71. The van der Waals surface area contributed by atoms with Gasteiger partial charge in [0.25, 0.3) is 0 Å². The number of hydrogen-bond donors (Lipinski definition) is 0. The highest BCUT2D eigenvalue weighted by Gasteiger charge is 2.16. The summed E-state index contributed by atoms with van der Waals surface area (Å²) in [5.41, 5.74) is 0.356. The van der Waals surface area contributed by atoms with Gasteiger partial charge in [-0.1, -0.05) is 18.2 Å². The lowest BCUT2D eigenvalue weighted by Crippen LogP contribution is -2.32. The quantitative estimate of drug-likeness (QED) is 0.545. The summed E-state index contributed by atoms with van der Waals surface area (Å²) < 4.78 is 0. The number of carbonyl (C=O) groups excluding carboxylic acids is 1. The molecule has 3 heteroatoms. The van der Waals surface area contributed by atoms with E-state index in [-0.39, 0.29) is 5.60 Å². The third-order valence-corrected chi connectivity index (χ3v) is 1.48. The number of hydroxylamine groups is 1. The second kappa shape index (κ2) is 4.24. The number of rotatable bonds is 3. The minimum Gasteiger partial charge on any atom is -0.276 e. The van der Waals surface area contributed by atoms with Gasteiger partial charge in [0, 0.05) is 0 Å². The van der Waals surface area contributed by atoms with Crippen molar-refractivity contribution in [2.24, 2.45) is 0 Å². The molecule has 1 aromatic carbocycles. The summed E-state index contributed by atoms with van der Waals surface area (Å²) in [4.78, 5) is 16.2. The van der Waals surface area contributed by atoms with E-state index in [1.807, 2.05) is 51.1 Å². The molecule has 0 heterocycles. The SMILES string of the molecule is CC(C)(C)ON(C=O)c1ccccc1. The Morgan fingerprint density at radius 2 is 1.79 bits per heavy atom. The zero-order chi connectivity index (χ0) is 10.6. The molecule has 3 nitrogen and oxygen atoms in total. The third kappa shape index (κ3) is 3.18. The molecule has 0 saturated carbocycles. The number of carbonyl (C=O) groups is 1. The number of hydrogen-bond acceptors (Lipinski definition) is 2. The van der Waals surface area contributed by atoms with Crippen LogP contribution in [0, 0.1) is 0 Å². The molecule has 0 bridgehead atoms. The van der Waals surface area contributed by atoms with Crippen LogP contribution in [0.15, 0.2) is 30.3 Å². The summed E-state index contributed by atoms with van der Waals surface area (Å²) >= 11 is 0. The van der Waals surface area contributed by atoms with Gasteiger partial charge in [0.1, 0.15) is 0 Å². The van der Waals surface area contributed by atoms with E-state index < -0.39 is 0 Å². The van der Waals surface area contributed by atoms with E-state index in [0.717, 1.165) is 5.69 Å². The number of benzene rings is 1. The minimum atomic E-state index is -0.378. The summed E-state index contributed by atoms with van der Waals surface area (Å²) in [5, 5.41) is 1.24. The molecule has 0 aliphatic heterocycles. The number of amides is 1. The van der Waals surface area contributed by atoms with Gasteiger partial charge in [0.2, 0.25) is 6.41 Å². The van der Waals surface area contributed by atoms with Crippen molar-refractivity contribution < 1.29 is 9.63 Å². The maximum Gasteiger partial charge on any atom is 0.238 e. The smallest absolute Gasteiger partial charge is 0.238 e. The Bertz CT molecular complexity index is 290. The van der Waals surface area contributed by atoms with Crippen LogP contribution in [0.3, 0.4) is 0 Å².